The Balaban J connectivity index is 1.98. The molecule has 1 saturated heterocycles. The Hall–Kier alpha value is -0.280. The van der Waals surface area contributed by atoms with Gasteiger partial charge in [-0.25, -0.2) is 0 Å². The van der Waals surface area contributed by atoms with Gasteiger partial charge < -0.3 is 9.84 Å². The van der Waals surface area contributed by atoms with Crippen LogP contribution in [0.4, 0.5) is 0 Å². The van der Waals surface area contributed by atoms with Gasteiger partial charge in [-0.15, -0.1) is 0 Å². The molecule has 1 aromatic carbocycles. The van der Waals surface area contributed by atoms with Gasteiger partial charge in [0.05, 0.1) is 28.9 Å². The topological polar surface area (TPSA) is 29.5 Å². The summed E-state index contributed by atoms with van der Waals surface area (Å²) in [5.74, 6) is 0.222. The zero-order valence-electron chi connectivity index (χ0n) is 9.70. The molecule has 2 rings (SSSR count). The number of aliphatic hydroxyl groups excluding tert-OH is 1. The second kappa shape index (κ2) is 5.57. The molecule has 0 aliphatic carbocycles. The molecule has 1 aromatic rings. The molecule has 94 valence electrons. The van der Waals surface area contributed by atoms with Gasteiger partial charge in [0.1, 0.15) is 0 Å². The second-order valence-electron chi connectivity index (χ2n) is 4.66. The van der Waals surface area contributed by atoms with E-state index in [0.29, 0.717) is 23.1 Å². The summed E-state index contributed by atoms with van der Waals surface area (Å²) in [5, 5.41) is 11.2. The van der Waals surface area contributed by atoms with E-state index in [4.69, 9.17) is 27.9 Å². The van der Waals surface area contributed by atoms with E-state index >= 15 is 0 Å². The SMILES string of the molecule is CC1CC(C(O)Cc2ccc(Cl)c(Cl)c2)CO1. The highest BCUT2D eigenvalue weighted by atomic mass is 35.5. The molecule has 3 atom stereocenters. The van der Waals surface area contributed by atoms with Gasteiger partial charge in [0.25, 0.3) is 0 Å². The van der Waals surface area contributed by atoms with E-state index in [-0.39, 0.29) is 18.1 Å². The molecule has 0 radical (unpaired) electrons. The first-order chi connectivity index (χ1) is 8.06. The number of hydrogen-bond acceptors (Lipinski definition) is 2. The maximum atomic E-state index is 10.1. The van der Waals surface area contributed by atoms with Crippen LogP contribution < -0.4 is 0 Å². The summed E-state index contributed by atoms with van der Waals surface area (Å²) in [6.45, 7) is 2.68. The Bertz CT molecular complexity index is 395. The Morgan fingerprint density at radius 2 is 2.18 bits per heavy atom. The van der Waals surface area contributed by atoms with E-state index in [9.17, 15) is 5.11 Å². The summed E-state index contributed by atoms with van der Waals surface area (Å²) >= 11 is 11.8. The van der Waals surface area contributed by atoms with Crippen LogP contribution >= 0.6 is 23.2 Å². The van der Waals surface area contributed by atoms with E-state index in [1.807, 2.05) is 19.1 Å². The lowest BCUT2D eigenvalue weighted by Crippen LogP contribution is -2.23. The fraction of sp³-hybridized carbons (Fsp3) is 0.538. The monoisotopic (exact) mass is 274 g/mol. The minimum Gasteiger partial charge on any atom is -0.392 e. The largest absolute Gasteiger partial charge is 0.392 e. The Morgan fingerprint density at radius 3 is 2.76 bits per heavy atom. The molecule has 2 nitrogen and oxygen atoms in total. The third-order valence-electron chi connectivity index (χ3n) is 3.20. The van der Waals surface area contributed by atoms with E-state index in [1.54, 1.807) is 6.07 Å². The summed E-state index contributed by atoms with van der Waals surface area (Å²) in [6.07, 6.45) is 1.39. The van der Waals surface area contributed by atoms with Crippen LogP contribution in [-0.4, -0.2) is 23.9 Å². The molecule has 0 aromatic heterocycles. The van der Waals surface area contributed by atoms with Crippen LogP contribution in [0.15, 0.2) is 18.2 Å². The van der Waals surface area contributed by atoms with Crippen molar-refractivity contribution in [3.05, 3.63) is 33.8 Å². The first-order valence-corrected chi connectivity index (χ1v) is 6.55. The van der Waals surface area contributed by atoms with Crippen molar-refractivity contribution < 1.29 is 9.84 Å². The van der Waals surface area contributed by atoms with Crippen LogP contribution in [0.25, 0.3) is 0 Å². The first-order valence-electron chi connectivity index (χ1n) is 5.80. The molecule has 1 fully saturated rings. The van der Waals surface area contributed by atoms with Crippen LogP contribution in [0.5, 0.6) is 0 Å². The lowest BCUT2D eigenvalue weighted by molar-refractivity contribution is 0.0807. The lowest BCUT2D eigenvalue weighted by atomic mass is 9.94. The first kappa shape index (κ1) is 13.2. The van der Waals surface area contributed by atoms with Crippen molar-refractivity contribution in [2.24, 2.45) is 5.92 Å². The third-order valence-corrected chi connectivity index (χ3v) is 3.94. The fourth-order valence-electron chi connectivity index (χ4n) is 2.19. The van der Waals surface area contributed by atoms with Gasteiger partial charge in [0.15, 0.2) is 0 Å². The van der Waals surface area contributed by atoms with Crippen molar-refractivity contribution >= 4 is 23.2 Å². The number of ether oxygens (including phenoxy) is 1. The van der Waals surface area contributed by atoms with Crippen LogP contribution in [-0.2, 0) is 11.2 Å². The van der Waals surface area contributed by atoms with Crippen molar-refractivity contribution in [3.8, 4) is 0 Å². The predicted octanol–water partition coefficient (Wildman–Crippen LogP) is 3.32. The summed E-state index contributed by atoms with van der Waals surface area (Å²) < 4.78 is 5.46. The molecule has 1 aliphatic rings. The van der Waals surface area contributed by atoms with Crippen molar-refractivity contribution in [2.75, 3.05) is 6.61 Å². The highest BCUT2D eigenvalue weighted by molar-refractivity contribution is 6.42. The normalized spacial score (nSPS) is 26.1. The number of halogens is 2. The number of hydrogen-bond donors (Lipinski definition) is 1. The van der Waals surface area contributed by atoms with Gasteiger partial charge >= 0.3 is 0 Å². The summed E-state index contributed by atoms with van der Waals surface area (Å²) in [6, 6.07) is 5.47. The minimum atomic E-state index is -0.378. The zero-order valence-corrected chi connectivity index (χ0v) is 11.2. The maximum Gasteiger partial charge on any atom is 0.0631 e. The van der Waals surface area contributed by atoms with E-state index in [2.05, 4.69) is 0 Å². The van der Waals surface area contributed by atoms with Crippen molar-refractivity contribution in [2.45, 2.75) is 32.0 Å². The quantitative estimate of drug-likeness (QED) is 0.917. The standard InChI is InChI=1S/C13H16Cl2O2/c1-8-4-10(7-17-8)13(16)6-9-2-3-11(14)12(15)5-9/h2-3,5,8,10,13,16H,4,6-7H2,1H3. The van der Waals surface area contributed by atoms with Gasteiger partial charge in [0, 0.05) is 5.92 Å². The molecule has 4 heteroatoms. The lowest BCUT2D eigenvalue weighted by Gasteiger charge is -2.16. The molecule has 1 N–H and O–H groups in total. The van der Waals surface area contributed by atoms with Crippen LogP contribution in [0.1, 0.15) is 18.9 Å². The smallest absolute Gasteiger partial charge is 0.0631 e. The van der Waals surface area contributed by atoms with Crippen molar-refractivity contribution in [1.29, 1.82) is 0 Å². The van der Waals surface area contributed by atoms with Crippen molar-refractivity contribution in [1.82, 2.24) is 0 Å². The summed E-state index contributed by atoms with van der Waals surface area (Å²) in [4.78, 5) is 0. The van der Waals surface area contributed by atoms with Crippen LogP contribution in [0, 0.1) is 5.92 Å². The van der Waals surface area contributed by atoms with E-state index in [0.717, 1.165) is 12.0 Å². The third kappa shape index (κ3) is 3.35. The Kier molecular flexibility index (Phi) is 4.31. The van der Waals surface area contributed by atoms with E-state index < -0.39 is 0 Å². The molecule has 0 amide bonds. The number of aliphatic hydroxyl groups is 1. The highest BCUT2D eigenvalue weighted by Crippen LogP contribution is 2.27. The molecule has 0 spiro atoms. The summed E-state index contributed by atoms with van der Waals surface area (Å²) in [7, 11) is 0. The molecule has 0 saturated carbocycles. The molecule has 0 bridgehead atoms. The zero-order chi connectivity index (χ0) is 12.4. The van der Waals surface area contributed by atoms with Crippen LogP contribution in [0.2, 0.25) is 10.0 Å². The highest BCUT2D eigenvalue weighted by Gasteiger charge is 2.28. The molecular formula is C13H16Cl2O2. The molecular weight excluding hydrogens is 259 g/mol. The summed E-state index contributed by atoms with van der Waals surface area (Å²) in [5.41, 5.74) is 1.01. The fourth-order valence-corrected chi connectivity index (χ4v) is 2.51. The average Bonchev–Trinajstić information content (AvgIpc) is 2.70. The van der Waals surface area contributed by atoms with Crippen molar-refractivity contribution in [3.63, 3.8) is 0 Å². The second-order valence-corrected chi connectivity index (χ2v) is 5.47. The number of rotatable bonds is 3. The Labute approximate surface area is 111 Å². The van der Waals surface area contributed by atoms with Gasteiger partial charge in [-0.3, -0.25) is 0 Å². The molecule has 3 unspecified atom stereocenters. The molecule has 1 heterocycles. The predicted molar refractivity (Wildman–Crippen MR) is 69.7 cm³/mol. The molecule has 1 aliphatic heterocycles. The number of benzene rings is 1. The van der Waals surface area contributed by atoms with Crippen LogP contribution in [0.3, 0.4) is 0 Å². The van der Waals surface area contributed by atoms with Gasteiger partial charge in [-0.1, -0.05) is 29.3 Å². The molecule has 17 heavy (non-hydrogen) atoms. The van der Waals surface area contributed by atoms with Gasteiger partial charge in [0.2, 0.25) is 0 Å². The van der Waals surface area contributed by atoms with E-state index in [1.165, 1.54) is 0 Å². The maximum absolute atomic E-state index is 10.1. The minimum absolute atomic E-state index is 0.222. The average molecular weight is 275 g/mol. The Morgan fingerprint density at radius 1 is 1.41 bits per heavy atom. The van der Waals surface area contributed by atoms with Gasteiger partial charge in [-0.05, 0) is 37.5 Å². The van der Waals surface area contributed by atoms with Gasteiger partial charge in [-0.2, -0.15) is 0 Å².